The molecule has 0 radical (unpaired) electrons. The number of aliphatic hydroxyl groups excluding tert-OH is 1. The number of hydrogen-bond donors (Lipinski definition) is 2. The van der Waals surface area contributed by atoms with E-state index in [0.29, 0.717) is 17.1 Å². The number of nitrogens with zero attached hydrogens (tertiary/aromatic N) is 2. The third-order valence-electron chi connectivity index (χ3n) is 5.48. The Labute approximate surface area is 187 Å². The van der Waals surface area contributed by atoms with Gasteiger partial charge in [-0.25, -0.2) is 4.98 Å². The zero-order chi connectivity index (χ0) is 22.2. The Bertz CT molecular complexity index is 977. The van der Waals surface area contributed by atoms with Crippen molar-refractivity contribution in [2.75, 3.05) is 7.11 Å². The normalized spacial score (nSPS) is 14.1. The second kappa shape index (κ2) is 11.1. The zero-order valence-electron chi connectivity index (χ0n) is 17.8. The minimum Gasteiger partial charge on any atom is -0.469 e. The summed E-state index contributed by atoms with van der Waals surface area (Å²) in [6.45, 7) is 2.14. The second-order valence-corrected chi connectivity index (χ2v) is 7.98. The lowest BCUT2D eigenvalue weighted by molar-refractivity contribution is -0.149. The third kappa shape index (κ3) is 5.71. The van der Waals surface area contributed by atoms with Crippen molar-refractivity contribution < 1.29 is 14.6 Å². The molecule has 0 aliphatic carbocycles. The van der Waals surface area contributed by atoms with E-state index in [2.05, 4.69) is 21.9 Å². The maximum absolute atomic E-state index is 12.4. The number of rotatable bonds is 10. The number of hydrogen-bond acceptors (Lipinski definition) is 5. The van der Waals surface area contributed by atoms with Crippen LogP contribution in [-0.2, 0) is 16.0 Å². The van der Waals surface area contributed by atoms with Crippen molar-refractivity contribution in [2.24, 2.45) is 5.92 Å². The van der Waals surface area contributed by atoms with Crippen LogP contribution in [0.25, 0.3) is 0 Å². The van der Waals surface area contributed by atoms with Crippen molar-refractivity contribution in [2.45, 2.75) is 44.6 Å². The number of carbonyl (C=O) groups excluding carboxylic acids is 1. The van der Waals surface area contributed by atoms with E-state index < -0.39 is 18.0 Å². The first-order valence-corrected chi connectivity index (χ1v) is 10.9. The molecule has 3 rings (SSSR count). The molecule has 164 valence electrons. The molecule has 3 aromatic rings. The average Bonchev–Trinajstić information content (AvgIpc) is 3.28. The summed E-state index contributed by atoms with van der Waals surface area (Å²) in [5, 5.41) is 11.7. The molecule has 6 nitrogen and oxygen atoms in total. The Morgan fingerprint density at radius 2 is 1.97 bits per heavy atom. The fraction of sp³-hybridized carbons (Fsp3) is 0.375. The molecule has 0 fully saturated rings. The molecule has 0 bridgehead atoms. The Morgan fingerprint density at radius 3 is 2.65 bits per heavy atom. The zero-order valence-corrected chi connectivity index (χ0v) is 18.5. The summed E-state index contributed by atoms with van der Waals surface area (Å²) in [6.07, 6.45) is 7.10. The molecule has 1 aromatic carbocycles. The highest BCUT2D eigenvalue weighted by Crippen LogP contribution is 2.34. The topological polar surface area (TPSA) is 88.1 Å². The van der Waals surface area contributed by atoms with Gasteiger partial charge in [-0.2, -0.15) is 0 Å². The van der Waals surface area contributed by atoms with Gasteiger partial charge in [0.2, 0.25) is 0 Å². The van der Waals surface area contributed by atoms with E-state index in [0.717, 1.165) is 36.2 Å². The minimum atomic E-state index is -1.08. The van der Waals surface area contributed by atoms with E-state index >= 15 is 0 Å². The molecule has 0 saturated heterocycles. The van der Waals surface area contributed by atoms with Gasteiger partial charge < -0.3 is 14.8 Å². The number of unbranched alkanes of at least 4 members (excludes halogenated alkanes) is 1. The number of esters is 1. The molecule has 3 atom stereocenters. The van der Waals surface area contributed by atoms with Crippen LogP contribution >= 0.6 is 11.6 Å². The van der Waals surface area contributed by atoms with Crippen LogP contribution in [-0.4, -0.2) is 33.1 Å². The summed E-state index contributed by atoms with van der Waals surface area (Å²) in [4.78, 5) is 24.2. The third-order valence-corrected chi connectivity index (χ3v) is 5.83. The SMILES string of the molecule is CCCCC(c1ncc(C(O)C(Cc2ccncc2)C(=O)OC)[nH]1)c1ccccc1Cl. The molecule has 0 amide bonds. The molecule has 3 unspecified atom stereocenters. The first kappa shape index (κ1) is 23.0. The number of ether oxygens (including phenoxy) is 1. The minimum absolute atomic E-state index is 0.0219. The van der Waals surface area contributed by atoms with Gasteiger partial charge in [0.25, 0.3) is 0 Å². The first-order chi connectivity index (χ1) is 15.0. The number of aromatic amines is 1. The highest BCUT2D eigenvalue weighted by atomic mass is 35.5. The van der Waals surface area contributed by atoms with Gasteiger partial charge in [-0.3, -0.25) is 9.78 Å². The van der Waals surface area contributed by atoms with Crippen LogP contribution in [0.2, 0.25) is 5.02 Å². The van der Waals surface area contributed by atoms with Crippen LogP contribution in [0.4, 0.5) is 0 Å². The number of nitrogens with one attached hydrogen (secondary N) is 1. The molecule has 2 aromatic heterocycles. The highest BCUT2D eigenvalue weighted by molar-refractivity contribution is 6.31. The van der Waals surface area contributed by atoms with E-state index in [1.807, 2.05) is 36.4 Å². The van der Waals surface area contributed by atoms with Gasteiger partial charge >= 0.3 is 5.97 Å². The monoisotopic (exact) mass is 441 g/mol. The lowest BCUT2D eigenvalue weighted by atomic mass is 9.92. The van der Waals surface area contributed by atoms with Gasteiger partial charge in [-0.1, -0.05) is 49.6 Å². The van der Waals surface area contributed by atoms with E-state index in [4.69, 9.17) is 16.3 Å². The number of methoxy groups -OCH3 is 1. The second-order valence-electron chi connectivity index (χ2n) is 7.57. The molecule has 7 heteroatoms. The lowest BCUT2D eigenvalue weighted by Gasteiger charge is -2.20. The van der Waals surface area contributed by atoms with Crippen LogP contribution < -0.4 is 0 Å². The van der Waals surface area contributed by atoms with Crippen LogP contribution in [0.15, 0.2) is 55.0 Å². The molecule has 31 heavy (non-hydrogen) atoms. The number of imidazole rings is 1. The summed E-state index contributed by atoms with van der Waals surface area (Å²) in [6, 6.07) is 11.4. The predicted molar refractivity (Wildman–Crippen MR) is 120 cm³/mol. The van der Waals surface area contributed by atoms with Gasteiger partial charge in [0.1, 0.15) is 11.9 Å². The number of pyridine rings is 1. The number of carbonyl (C=O) groups is 1. The van der Waals surface area contributed by atoms with Gasteiger partial charge in [0.15, 0.2) is 0 Å². The summed E-state index contributed by atoms with van der Waals surface area (Å²) in [5.41, 5.74) is 2.36. The summed E-state index contributed by atoms with van der Waals surface area (Å²) >= 11 is 6.46. The van der Waals surface area contributed by atoms with E-state index in [-0.39, 0.29) is 5.92 Å². The van der Waals surface area contributed by atoms with Crippen LogP contribution in [0, 0.1) is 5.92 Å². The van der Waals surface area contributed by atoms with E-state index in [1.165, 1.54) is 7.11 Å². The van der Waals surface area contributed by atoms with Gasteiger partial charge in [0, 0.05) is 23.3 Å². The van der Waals surface area contributed by atoms with Gasteiger partial charge in [-0.15, -0.1) is 0 Å². The number of aliphatic hydroxyl groups is 1. The van der Waals surface area contributed by atoms with Crippen molar-refractivity contribution in [3.63, 3.8) is 0 Å². The molecular formula is C24H28ClN3O3. The Balaban J connectivity index is 1.88. The average molecular weight is 442 g/mol. The molecule has 2 N–H and O–H groups in total. The van der Waals surface area contributed by atoms with Crippen molar-refractivity contribution in [1.82, 2.24) is 15.0 Å². The number of aromatic nitrogens is 3. The fourth-order valence-corrected chi connectivity index (χ4v) is 4.02. The molecular weight excluding hydrogens is 414 g/mol. The Morgan fingerprint density at radius 1 is 1.23 bits per heavy atom. The number of benzene rings is 1. The maximum atomic E-state index is 12.4. The number of halogens is 1. The van der Waals surface area contributed by atoms with Crippen LogP contribution in [0.3, 0.4) is 0 Å². The van der Waals surface area contributed by atoms with Crippen LogP contribution in [0.1, 0.15) is 60.9 Å². The summed E-state index contributed by atoms with van der Waals surface area (Å²) in [5.74, 6) is -0.543. The molecule has 2 heterocycles. The molecule has 0 aliphatic rings. The Kier molecular flexibility index (Phi) is 8.20. The quantitative estimate of drug-likeness (QED) is 0.439. The summed E-state index contributed by atoms with van der Waals surface area (Å²) in [7, 11) is 1.32. The summed E-state index contributed by atoms with van der Waals surface area (Å²) < 4.78 is 4.95. The van der Waals surface area contributed by atoms with E-state index in [9.17, 15) is 9.90 Å². The Hall–Kier alpha value is -2.70. The first-order valence-electron chi connectivity index (χ1n) is 10.5. The standard InChI is InChI=1S/C24H28ClN3O3/c1-3-4-7-18(17-8-5-6-9-20(17)25)23-27-15-21(28-23)22(29)19(24(30)31-2)14-16-10-12-26-13-11-16/h5-6,8-13,15,18-19,22,29H,3-4,7,14H2,1-2H3,(H,27,28). The maximum Gasteiger partial charge on any atom is 0.312 e. The van der Waals surface area contributed by atoms with Gasteiger partial charge in [-0.05, 0) is 42.2 Å². The molecule has 0 spiro atoms. The van der Waals surface area contributed by atoms with Gasteiger partial charge in [0.05, 0.1) is 24.9 Å². The van der Waals surface area contributed by atoms with E-state index in [1.54, 1.807) is 18.6 Å². The van der Waals surface area contributed by atoms with Crippen molar-refractivity contribution >= 4 is 17.6 Å². The van der Waals surface area contributed by atoms with Crippen molar-refractivity contribution in [3.8, 4) is 0 Å². The van der Waals surface area contributed by atoms with Crippen molar-refractivity contribution in [1.29, 1.82) is 0 Å². The highest BCUT2D eigenvalue weighted by Gasteiger charge is 2.31. The number of H-pyrrole nitrogens is 1. The lowest BCUT2D eigenvalue weighted by Crippen LogP contribution is -2.26. The van der Waals surface area contributed by atoms with Crippen molar-refractivity contribution in [3.05, 3.63) is 82.7 Å². The van der Waals surface area contributed by atoms with Crippen LogP contribution in [0.5, 0.6) is 0 Å². The molecule has 0 aliphatic heterocycles. The molecule has 0 saturated carbocycles. The largest absolute Gasteiger partial charge is 0.469 e. The fourth-order valence-electron chi connectivity index (χ4n) is 3.75. The smallest absolute Gasteiger partial charge is 0.312 e. The predicted octanol–water partition coefficient (Wildman–Crippen LogP) is 4.85.